The summed E-state index contributed by atoms with van der Waals surface area (Å²) in [5.74, 6) is 0.242. The molecular weight excluding hydrogens is 522 g/mol. The molecule has 5 rings (SSSR count). The number of aryl methyl sites for hydroxylation is 1. The third-order valence-electron chi connectivity index (χ3n) is 7.01. The number of hydrogen-bond acceptors (Lipinski definition) is 8. The average molecular weight is 556 g/mol. The van der Waals surface area contributed by atoms with Gasteiger partial charge < -0.3 is 4.84 Å². The quantitative estimate of drug-likeness (QED) is 0.209. The number of benzene rings is 2. The van der Waals surface area contributed by atoms with Crippen LogP contribution in [-0.2, 0) is 24.2 Å². The Morgan fingerprint density at radius 1 is 1.07 bits per heavy atom. The third-order valence-corrected chi connectivity index (χ3v) is 7.01. The minimum atomic E-state index is -0.605. The van der Waals surface area contributed by atoms with Crippen LogP contribution in [0.25, 0.3) is 28.3 Å². The molecule has 0 fully saturated rings. The maximum atomic E-state index is 14.1. The smallest absolute Gasteiger partial charge is 0.399 e. The molecule has 1 N–H and O–H groups in total. The van der Waals surface area contributed by atoms with E-state index in [9.17, 15) is 9.59 Å². The van der Waals surface area contributed by atoms with Crippen LogP contribution in [0.15, 0.2) is 74.1 Å². The van der Waals surface area contributed by atoms with Gasteiger partial charge in [-0.25, -0.2) is 9.31 Å². The van der Waals surface area contributed by atoms with Crippen molar-refractivity contribution in [2.45, 2.75) is 53.5 Å². The molecule has 0 amide bonds. The van der Waals surface area contributed by atoms with E-state index >= 15 is 0 Å². The van der Waals surface area contributed by atoms with Crippen molar-refractivity contribution in [2.24, 2.45) is 10.6 Å². The van der Waals surface area contributed by atoms with Crippen LogP contribution in [0.3, 0.4) is 0 Å². The van der Waals surface area contributed by atoms with E-state index in [1.807, 2.05) is 69.3 Å². The van der Waals surface area contributed by atoms with Crippen LogP contribution in [0.1, 0.15) is 50.9 Å². The van der Waals surface area contributed by atoms with E-state index in [0.29, 0.717) is 30.0 Å². The standard InChI is InChI=1S/C30H33N7O4/c1-6-9-24-23(27(38)36(28-31-18-32-37(24)28)17-25(34-40-5)30(2,3)4)16-19-12-14-20(15-13-19)21-10-7-8-11-22(21)26-33-29(39)41-35-26/h7-8,10-15,18H,6,9,16-17H2,1-5H3,(H,33,35,39)/b34-25+. The summed E-state index contributed by atoms with van der Waals surface area (Å²) in [6, 6.07) is 15.7. The van der Waals surface area contributed by atoms with Gasteiger partial charge in [0.25, 0.3) is 5.56 Å². The molecule has 0 atom stereocenters. The number of fused-ring (bicyclic) bond motifs is 1. The maximum Gasteiger partial charge on any atom is 0.439 e. The third kappa shape index (κ3) is 5.60. The predicted octanol–water partition coefficient (Wildman–Crippen LogP) is 4.49. The molecule has 11 heteroatoms. The number of aromatic nitrogens is 6. The van der Waals surface area contributed by atoms with E-state index in [1.54, 1.807) is 9.08 Å². The van der Waals surface area contributed by atoms with Gasteiger partial charge in [0.05, 0.1) is 18.0 Å². The highest BCUT2D eigenvalue weighted by molar-refractivity contribution is 5.89. The fraction of sp³-hybridized carbons (Fsp3) is 0.333. The molecule has 0 aliphatic carbocycles. The number of nitrogens with zero attached hydrogens (tertiary/aromatic N) is 6. The van der Waals surface area contributed by atoms with E-state index in [4.69, 9.17) is 9.36 Å². The van der Waals surface area contributed by atoms with Gasteiger partial charge in [-0.2, -0.15) is 10.1 Å². The first-order chi connectivity index (χ1) is 19.7. The van der Waals surface area contributed by atoms with Gasteiger partial charge in [-0.1, -0.05) is 93.0 Å². The molecule has 41 heavy (non-hydrogen) atoms. The number of nitrogens with one attached hydrogen (secondary N) is 1. The fourth-order valence-corrected chi connectivity index (χ4v) is 4.89. The number of oxime groups is 1. The topological polar surface area (TPSA) is 133 Å². The van der Waals surface area contributed by atoms with Crippen molar-refractivity contribution in [1.29, 1.82) is 0 Å². The zero-order valence-electron chi connectivity index (χ0n) is 23.8. The Labute approximate surface area is 236 Å². The molecule has 0 radical (unpaired) electrons. The van der Waals surface area contributed by atoms with E-state index in [-0.39, 0.29) is 17.5 Å². The van der Waals surface area contributed by atoms with Gasteiger partial charge in [-0.3, -0.25) is 18.9 Å². The van der Waals surface area contributed by atoms with Crippen LogP contribution in [0.4, 0.5) is 0 Å². The summed E-state index contributed by atoms with van der Waals surface area (Å²) in [5.41, 5.74) is 5.37. The van der Waals surface area contributed by atoms with Crippen LogP contribution in [0.2, 0.25) is 0 Å². The molecule has 2 aromatic carbocycles. The Hall–Kier alpha value is -4.80. The van der Waals surface area contributed by atoms with Crippen molar-refractivity contribution < 1.29 is 9.36 Å². The van der Waals surface area contributed by atoms with E-state index in [2.05, 4.69) is 32.3 Å². The Balaban J connectivity index is 1.55. The lowest BCUT2D eigenvalue weighted by molar-refractivity contribution is 0.207. The van der Waals surface area contributed by atoms with Crippen molar-refractivity contribution in [3.63, 3.8) is 0 Å². The Kier molecular flexibility index (Phi) is 7.69. The highest BCUT2D eigenvalue weighted by atomic mass is 16.6. The second kappa shape index (κ2) is 11.4. The van der Waals surface area contributed by atoms with Crippen molar-refractivity contribution >= 4 is 11.5 Å². The second-order valence-electron chi connectivity index (χ2n) is 10.9. The molecule has 0 spiro atoms. The normalized spacial score (nSPS) is 12.3. The molecular formula is C30H33N7O4. The van der Waals surface area contributed by atoms with Gasteiger partial charge in [0.1, 0.15) is 13.4 Å². The first-order valence-electron chi connectivity index (χ1n) is 13.5. The first-order valence-corrected chi connectivity index (χ1v) is 13.5. The lowest BCUT2D eigenvalue weighted by Crippen LogP contribution is -2.35. The summed E-state index contributed by atoms with van der Waals surface area (Å²) in [6.45, 7) is 8.41. The molecule has 0 aliphatic heterocycles. The van der Waals surface area contributed by atoms with Gasteiger partial charge in [0.15, 0.2) is 5.82 Å². The van der Waals surface area contributed by atoms with Gasteiger partial charge in [-0.15, -0.1) is 0 Å². The Morgan fingerprint density at radius 3 is 2.44 bits per heavy atom. The summed E-state index contributed by atoms with van der Waals surface area (Å²) in [4.78, 5) is 37.8. The van der Waals surface area contributed by atoms with Gasteiger partial charge in [-0.05, 0) is 23.1 Å². The monoisotopic (exact) mass is 555 g/mol. The van der Waals surface area contributed by atoms with Gasteiger partial charge in [0, 0.05) is 23.0 Å². The molecule has 0 saturated heterocycles. The number of aromatic amines is 1. The lowest BCUT2D eigenvalue weighted by atomic mass is 9.90. The first kappa shape index (κ1) is 27.8. The number of rotatable bonds is 9. The van der Waals surface area contributed by atoms with Crippen LogP contribution in [0, 0.1) is 5.41 Å². The molecule has 212 valence electrons. The zero-order valence-corrected chi connectivity index (χ0v) is 23.8. The van der Waals surface area contributed by atoms with Crippen molar-refractivity contribution in [1.82, 2.24) is 29.3 Å². The molecule has 0 unspecified atom stereocenters. The second-order valence-corrected chi connectivity index (χ2v) is 10.9. The van der Waals surface area contributed by atoms with Crippen molar-refractivity contribution in [3.05, 3.63) is 92.6 Å². The Bertz CT molecular complexity index is 1820. The van der Waals surface area contributed by atoms with Crippen molar-refractivity contribution in [3.8, 4) is 22.5 Å². The molecule has 5 aromatic rings. The summed E-state index contributed by atoms with van der Waals surface area (Å²) >= 11 is 0. The SMILES string of the molecule is CCCc1c(Cc2ccc(-c3ccccc3-c3noc(=O)[nH]3)cc2)c(=O)n(C/C(=N\OC)C(C)(C)C)c2ncnn12. The van der Waals surface area contributed by atoms with Gasteiger partial charge >= 0.3 is 5.76 Å². The largest absolute Gasteiger partial charge is 0.439 e. The summed E-state index contributed by atoms with van der Waals surface area (Å²) in [7, 11) is 1.50. The van der Waals surface area contributed by atoms with E-state index in [1.165, 1.54) is 13.4 Å². The van der Waals surface area contributed by atoms with Crippen LogP contribution < -0.4 is 11.3 Å². The van der Waals surface area contributed by atoms with Crippen LogP contribution in [-0.4, -0.2) is 42.1 Å². The van der Waals surface area contributed by atoms with Crippen LogP contribution in [0.5, 0.6) is 0 Å². The summed E-state index contributed by atoms with van der Waals surface area (Å²) < 4.78 is 8.12. The van der Waals surface area contributed by atoms with Crippen molar-refractivity contribution in [2.75, 3.05) is 7.11 Å². The fourth-order valence-electron chi connectivity index (χ4n) is 4.89. The molecule has 0 bridgehead atoms. The highest BCUT2D eigenvalue weighted by Gasteiger charge is 2.25. The molecule has 0 aliphatic rings. The molecule has 0 saturated carbocycles. The van der Waals surface area contributed by atoms with E-state index in [0.717, 1.165) is 40.1 Å². The summed E-state index contributed by atoms with van der Waals surface area (Å²) in [5, 5.41) is 12.6. The highest BCUT2D eigenvalue weighted by Crippen LogP contribution is 2.30. The average Bonchev–Trinajstić information content (AvgIpc) is 3.61. The molecule has 3 aromatic heterocycles. The number of hydrogen-bond donors (Lipinski definition) is 1. The van der Waals surface area contributed by atoms with Gasteiger partial charge in [0.2, 0.25) is 5.78 Å². The van der Waals surface area contributed by atoms with Crippen LogP contribution >= 0.6 is 0 Å². The van der Waals surface area contributed by atoms with E-state index < -0.39 is 5.76 Å². The minimum absolute atomic E-state index is 0.119. The lowest BCUT2D eigenvalue weighted by Gasteiger charge is -2.22. The minimum Gasteiger partial charge on any atom is -0.399 e. The summed E-state index contributed by atoms with van der Waals surface area (Å²) in [6.07, 6.45) is 3.44. The zero-order chi connectivity index (χ0) is 29.1. The Morgan fingerprint density at radius 2 is 1.80 bits per heavy atom. The number of H-pyrrole nitrogens is 1. The molecule has 3 heterocycles. The maximum absolute atomic E-state index is 14.1. The predicted molar refractivity (Wildman–Crippen MR) is 156 cm³/mol. The molecule has 11 nitrogen and oxygen atoms in total.